The lowest BCUT2D eigenvalue weighted by Gasteiger charge is -2.28. The Balaban J connectivity index is 1.55. The minimum Gasteiger partial charge on any atom is -0.497 e. The highest BCUT2D eigenvalue weighted by Gasteiger charge is 2.54. The van der Waals surface area contributed by atoms with Crippen molar-refractivity contribution in [1.82, 2.24) is 0 Å². The van der Waals surface area contributed by atoms with Crippen molar-refractivity contribution in [1.29, 1.82) is 5.26 Å². The number of amides is 1. The molecule has 0 bridgehead atoms. The predicted octanol–water partition coefficient (Wildman–Crippen LogP) is 6.78. The minimum atomic E-state index is -4.88. The molecule has 1 aliphatic heterocycles. The van der Waals surface area contributed by atoms with Gasteiger partial charge in [0.1, 0.15) is 35.6 Å². The average molecular weight is 602 g/mol. The molecule has 12 heteroatoms. The Morgan fingerprint density at radius 2 is 1.83 bits per heavy atom. The van der Waals surface area contributed by atoms with E-state index in [0.717, 1.165) is 18.4 Å². The van der Waals surface area contributed by atoms with E-state index in [1.54, 1.807) is 42.5 Å². The van der Waals surface area contributed by atoms with E-state index in [1.165, 1.54) is 31.3 Å². The number of carbonyl (C=O) groups excluding carboxylic acids is 1. The number of nitriles is 1. The van der Waals surface area contributed by atoms with Gasteiger partial charge in [0.15, 0.2) is 0 Å². The van der Waals surface area contributed by atoms with E-state index in [-0.39, 0.29) is 18.4 Å². The van der Waals surface area contributed by atoms with E-state index >= 15 is 0 Å². The number of hydrogen-bond donors (Lipinski definition) is 1. The quantitative estimate of drug-likeness (QED) is 0.256. The Hall–Kier alpha value is -4.30. The summed E-state index contributed by atoms with van der Waals surface area (Å²) < 4.78 is 60.0. The number of nitrogens with zero attached hydrogens (tertiary/aromatic N) is 2. The lowest BCUT2D eigenvalue weighted by atomic mass is 9.99. The first-order valence-electron chi connectivity index (χ1n) is 13.1. The molecule has 1 aliphatic carbocycles. The van der Waals surface area contributed by atoms with Gasteiger partial charge in [-0.2, -0.15) is 5.26 Å². The lowest BCUT2D eigenvalue weighted by Crippen LogP contribution is -2.38. The van der Waals surface area contributed by atoms with Crippen molar-refractivity contribution in [3.05, 3.63) is 70.7 Å². The summed E-state index contributed by atoms with van der Waals surface area (Å²) in [5, 5.41) is 12.5. The van der Waals surface area contributed by atoms with Gasteiger partial charge in [-0.15, -0.1) is 13.2 Å². The van der Waals surface area contributed by atoms with Gasteiger partial charge in [-0.25, -0.2) is 0 Å². The molecule has 1 N–H and O–H groups in total. The number of benzene rings is 3. The third kappa shape index (κ3) is 6.14. The number of anilines is 2. The zero-order valence-corrected chi connectivity index (χ0v) is 23.5. The van der Waals surface area contributed by atoms with Crippen LogP contribution < -0.4 is 29.2 Å². The van der Waals surface area contributed by atoms with Gasteiger partial charge in [0.25, 0.3) is 5.91 Å². The topological polar surface area (TPSA) is 93.1 Å². The first-order valence-corrected chi connectivity index (χ1v) is 13.4. The van der Waals surface area contributed by atoms with Crippen molar-refractivity contribution in [3.8, 4) is 29.1 Å². The standard InChI is InChI=1S/C30H27ClF3N3O5/c1-39-21-13-19(14-22(15-21)41-11-3-10-35)36-27(23-6-4-18(31)12-26(23)40-2)28(38)37-17-29(8-9-29)24-7-5-20(16-25(24)37)42-30(32,33)34/h4-7,12-16,27,36H,3,8-9,11,17H2,1-2H3. The lowest BCUT2D eigenvalue weighted by molar-refractivity contribution is -0.274. The summed E-state index contributed by atoms with van der Waals surface area (Å²) in [5.41, 5.74) is 1.79. The van der Waals surface area contributed by atoms with Gasteiger partial charge in [-0.05, 0) is 36.6 Å². The van der Waals surface area contributed by atoms with Crippen LogP contribution >= 0.6 is 11.6 Å². The molecule has 1 fully saturated rings. The summed E-state index contributed by atoms with van der Waals surface area (Å²) >= 11 is 6.21. The van der Waals surface area contributed by atoms with Crippen LogP contribution in [0, 0.1) is 11.3 Å². The molecule has 0 radical (unpaired) electrons. The molecule has 1 spiro atoms. The number of carbonyl (C=O) groups is 1. The Morgan fingerprint density at radius 1 is 1.07 bits per heavy atom. The van der Waals surface area contributed by atoms with Gasteiger partial charge in [0.2, 0.25) is 0 Å². The van der Waals surface area contributed by atoms with Crippen LogP contribution in [0.4, 0.5) is 24.5 Å². The van der Waals surface area contributed by atoms with Crippen LogP contribution in [0.25, 0.3) is 0 Å². The highest BCUT2D eigenvalue weighted by molar-refractivity contribution is 6.30. The molecule has 2 aliphatic rings. The smallest absolute Gasteiger partial charge is 0.497 e. The SMILES string of the molecule is COc1cc(NC(C(=O)N2CC3(CC3)c3ccc(OC(F)(F)F)cc32)c2ccc(Cl)cc2OC)cc(OCCC#N)c1. The summed E-state index contributed by atoms with van der Waals surface area (Å²) in [4.78, 5) is 15.9. The fraction of sp³-hybridized carbons (Fsp3) is 0.333. The summed E-state index contributed by atoms with van der Waals surface area (Å²) in [6.45, 7) is 0.469. The van der Waals surface area contributed by atoms with Crippen molar-refractivity contribution in [2.75, 3.05) is 37.6 Å². The zero-order valence-electron chi connectivity index (χ0n) is 22.8. The summed E-state index contributed by atoms with van der Waals surface area (Å²) in [7, 11) is 2.94. The Morgan fingerprint density at radius 3 is 2.50 bits per heavy atom. The number of alkyl halides is 3. The van der Waals surface area contributed by atoms with Gasteiger partial charge in [0, 0.05) is 52.5 Å². The molecule has 1 atom stereocenters. The predicted molar refractivity (Wildman–Crippen MR) is 149 cm³/mol. The molecule has 220 valence electrons. The van der Waals surface area contributed by atoms with E-state index in [4.69, 9.17) is 31.1 Å². The fourth-order valence-corrected chi connectivity index (χ4v) is 5.38. The fourth-order valence-electron chi connectivity index (χ4n) is 5.22. The zero-order chi connectivity index (χ0) is 30.1. The largest absolute Gasteiger partial charge is 0.573 e. The van der Waals surface area contributed by atoms with Gasteiger partial charge < -0.3 is 29.2 Å². The van der Waals surface area contributed by atoms with Crippen LogP contribution in [0.3, 0.4) is 0 Å². The molecule has 0 saturated heterocycles. The van der Waals surface area contributed by atoms with Crippen LogP contribution in [0.15, 0.2) is 54.6 Å². The normalized spacial score (nSPS) is 15.4. The van der Waals surface area contributed by atoms with Crippen LogP contribution in [-0.2, 0) is 10.2 Å². The third-order valence-electron chi connectivity index (χ3n) is 7.31. The van der Waals surface area contributed by atoms with Crippen LogP contribution in [0.2, 0.25) is 5.02 Å². The number of methoxy groups -OCH3 is 2. The first kappa shape index (κ1) is 29.2. The summed E-state index contributed by atoms with van der Waals surface area (Å²) in [6.07, 6.45) is -3.08. The third-order valence-corrected chi connectivity index (χ3v) is 7.54. The maximum atomic E-state index is 14.4. The molecule has 1 heterocycles. The molecule has 0 aromatic heterocycles. The van der Waals surface area contributed by atoms with Crippen molar-refractivity contribution in [2.45, 2.75) is 37.1 Å². The van der Waals surface area contributed by atoms with Crippen LogP contribution in [0.1, 0.15) is 36.4 Å². The van der Waals surface area contributed by atoms with Crippen molar-refractivity contribution < 1.29 is 36.9 Å². The maximum Gasteiger partial charge on any atom is 0.573 e. The molecule has 5 rings (SSSR count). The average Bonchev–Trinajstić information content (AvgIpc) is 3.66. The number of ether oxygens (including phenoxy) is 4. The summed E-state index contributed by atoms with van der Waals surface area (Å²) in [5.74, 6) is 0.380. The van der Waals surface area contributed by atoms with Gasteiger partial charge in [-0.3, -0.25) is 4.79 Å². The molecule has 1 saturated carbocycles. The molecule has 42 heavy (non-hydrogen) atoms. The number of halogens is 4. The van der Waals surface area contributed by atoms with Crippen molar-refractivity contribution in [2.24, 2.45) is 0 Å². The van der Waals surface area contributed by atoms with Gasteiger partial charge >= 0.3 is 6.36 Å². The second-order valence-electron chi connectivity index (χ2n) is 10.0. The van der Waals surface area contributed by atoms with Crippen molar-refractivity contribution in [3.63, 3.8) is 0 Å². The number of rotatable bonds is 10. The minimum absolute atomic E-state index is 0.158. The highest BCUT2D eigenvalue weighted by atomic mass is 35.5. The molecule has 3 aromatic carbocycles. The Labute approximate surface area is 245 Å². The second-order valence-corrected chi connectivity index (χ2v) is 10.5. The van der Waals surface area contributed by atoms with E-state index in [1.807, 2.05) is 6.07 Å². The molecule has 3 aromatic rings. The van der Waals surface area contributed by atoms with E-state index < -0.39 is 24.1 Å². The molecule has 1 amide bonds. The van der Waals surface area contributed by atoms with Crippen molar-refractivity contribution >= 4 is 28.9 Å². The first-order chi connectivity index (χ1) is 20.1. The van der Waals surface area contributed by atoms with Crippen LogP contribution in [0.5, 0.6) is 23.0 Å². The Bertz CT molecular complexity index is 1540. The molecule has 1 unspecified atom stereocenters. The van der Waals surface area contributed by atoms with Gasteiger partial charge in [0.05, 0.1) is 32.4 Å². The molecule has 8 nitrogen and oxygen atoms in total. The number of nitrogens with one attached hydrogen (secondary N) is 1. The maximum absolute atomic E-state index is 14.4. The monoisotopic (exact) mass is 601 g/mol. The number of hydrogen-bond acceptors (Lipinski definition) is 7. The second kappa shape index (κ2) is 11.5. The molecular weight excluding hydrogens is 575 g/mol. The summed E-state index contributed by atoms with van der Waals surface area (Å²) in [6, 6.07) is 15.0. The van der Waals surface area contributed by atoms with E-state index in [2.05, 4.69) is 10.1 Å². The Kier molecular flexibility index (Phi) is 8.01. The van der Waals surface area contributed by atoms with E-state index in [0.29, 0.717) is 45.8 Å². The van der Waals surface area contributed by atoms with Crippen LogP contribution in [-0.4, -0.2) is 39.6 Å². The number of fused-ring (bicyclic) bond motifs is 2. The van der Waals surface area contributed by atoms with E-state index in [9.17, 15) is 18.0 Å². The highest BCUT2D eigenvalue weighted by Crippen LogP contribution is 2.57. The molecular formula is C30H27ClF3N3O5. The van der Waals surface area contributed by atoms with Gasteiger partial charge in [-0.1, -0.05) is 23.7 Å².